The van der Waals surface area contributed by atoms with Crippen LogP contribution < -0.4 is 5.32 Å². The van der Waals surface area contributed by atoms with Crippen LogP contribution in [0.2, 0.25) is 0 Å². The third kappa shape index (κ3) is 9.72. The molecule has 0 fully saturated rings. The van der Waals surface area contributed by atoms with E-state index in [9.17, 15) is 0 Å². The van der Waals surface area contributed by atoms with E-state index >= 15 is 0 Å². The van der Waals surface area contributed by atoms with Gasteiger partial charge in [-0.2, -0.15) is 0 Å². The van der Waals surface area contributed by atoms with Crippen LogP contribution in [0.3, 0.4) is 0 Å². The molecule has 0 aromatic rings. The van der Waals surface area contributed by atoms with Crippen molar-refractivity contribution in [3.05, 3.63) is 12.3 Å². The third-order valence-corrected chi connectivity index (χ3v) is 1.91. The minimum Gasteiger partial charge on any atom is -0.395 e. The van der Waals surface area contributed by atoms with Gasteiger partial charge in [-0.05, 0) is 18.7 Å². The Kier molecular flexibility index (Phi) is 9.57. The van der Waals surface area contributed by atoms with Crippen molar-refractivity contribution >= 4 is 0 Å². The highest BCUT2D eigenvalue weighted by Gasteiger charge is 1.95. The fourth-order valence-corrected chi connectivity index (χ4v) is 1.17. The molecule has 0 unspecified atom stereocenters. The molecule has 0 atom stereocenters. The van der Waals surface area contributed by atoms with Gasteiger partial charge in [-0.15, -0.1) is 0 Å². The van der Waals surface area contributed by atoms with Crippen LogP contribution in [0.25, 0.3) is 0 Å². The van der Waals surface area contributed by atoms with E-state index in [2.05, 4.69) is 19.2 Å². The maximum atomic E-state index is 8.77. The molecule has 0 heterocycles. The van der Waals surface area contributed by atoms with E-state index < -0.39 is 0 Å². The molecule has 4 nitrogen and oxygen atoms in total. The summed E-state index contributed by atoms with van der Waals surface area (Å²) in [6.07, 6.45) is 3.92. The van der Waals surface area contributed by atoms with Gasteiger partial charge in [0, 0.05) is 19.6 Å². The zero-order valence-electron chi connectivity index (χ0n) is 9.82. The largest absolute Gasteiger partial charge is 0.395 e. The quantitative estimate of drug-likeness (QED) is 0.476. The number of hydrogen-bond donors (Lipinski definition) is 3. The molecule has 0 spiro atoms. The average Bonchev–Trinajstić information content (AvgIpc) is 2.17. The molecule has 0 aliphatic heterocycles. The first-order valence-corrected chi connectivity index (χ1v) is 5.53. The van der Waals surface area contributed by atoms with Crippen molar-refractivity contribution < 1.29 is 10.2 Å². The first kappa shape index (κ1) is 14.4. The Morgan fingerprint density at radius 3 is 2.27 bits per heavy atom. The van der Waals surface area contributed by atoms with E-state index in [1.165, 1.54) is 0 Å². The number of nitrogens with zero attached hydrogens (tertiary/aromatic N) is 1. The van der Waals surface area contributed by atoms with E-state index in [-0.39, 0.29) is 13.2 Å². The first-order valence-electron chi connectivity index (χ1n) is 5.53. The summed E-state index contributed by atoms with van der Waals surface area (Å²) < 4.78 is 0. The highest BCUT2D eigenvalue weighted by molar-refractivity contribution is 4.84. The second-order valence-electron chi connectivity index (χ2n) is 3.92. The summed E-state index contributed by atoms with van der Waals surface area (Å²) in [5, 5.41) is 20.8. The van der Waals surface area contributed by atoms with Crippen molar-refractivity contribution in [2.75, 3.05) is 39.4 Å². The second kappa shape index (κ2) is 9.96. The van der Waals surface area contributed by atoms with Crippen LogP contribution in [0.5, 0.6) is 0 Å². The summed E-state index contributed by atoms with van der Waals surface area (Å²) in [7, 11) is 0. The number of aliphatic hydroxyl groups excluding tert-OH is 2. The number of hydrogen-bond acceptors (Lipinski definition) is 4. The molecule has 0 bridgehead atoms. The van der Waals surface area contributed by atoms with Crippen LogP contribution in [-0.2, 0) is 0 Å². The van der Waals surface area contributed by atoms with Gasteiger partial charge in [0.2, 0.25) is 0 Å². The molecule has 0 aliphatic carbocycles. The molecule has 0 aromatic carbocycles. The Morgan fingerprint density at radius 1 is 1.20 bits per heavy atom. The van der Waals surface area contributed by atoms with Crippen molar-refractivity contribution in [1.29, 1.82) is 0 Å². The van der Waals surface area contributed by atoms with Crippen LogP contribution in [0.4, 0.5) is 0 Å². The smallest absolute Gasteiger partial charge is 0.0606 e. The monoisotopic (exact) mass is 216 g/mol. The van der Waals surface area contributed by atoms with Gasteiger partial charge in [0.15, 0.2) is 0 Å². The molecule has 0 amide bonds. The fourth-order valence-electron chi connectivity index (χ4n) is 1.17. The lowest BCUT2D eigenvalue weighted by atomic mass is 10.2. The van der Waals surface area contributed by atoms with E-state index in [1.807, 2.05) is 17.2 Å². The topological polar surface area (TPSA) is 55.7 Å². The molecule has 0 aliphatic rings. The van der Waals surface area contributed by atoms with Gasteiger partial charge in [0.1, 0.15) is 0 Å². The Labute approximate surface area is 92.6 Å². The summed E-state index contributed by atoms with van der Waals surface area (Å²) in [5.74, 6) is 0.657. The van der Waals surface area contributed by atoms with E-state index in [0.717, 1.165) is 13.1 Å². The van der Waals surface area contributed by atoms with Crippen molar-refractivity contribution in [3.8, 4) is 0 Å². The van der Waals surface area contributed by atoms with Gasteiger partial charge in [-0.3, -0.25) is 0 Å². The lowest BCUT2D eigenvalue weighted by molar-refractivity contribution is 0.198. The minimum atomic E-state index is 0.115. The van der Waals surface area contributed by atoms with Crippen molar-refractivity contribution in [2.24, 2.45) is 5.92 Å². The molecule has 3 N–H and O–H groups in total. The molecule has 90 valence electrons. The molecule has 4 heteroatoms. The number of rotatable bonds is 9. The predicted octanol–water partition coefficient (Wildman–Crippen LogP) is 0.0323. The maximum Gasteiger partial charge on any atom is 0.0606 e. The van der Waals surface area contributed by atoms with Gasteiger partial charge >= 0.3 is 0 Å². The van der Waals surface area contributed by atoms with Crippen molar-refractivity contribution in [3.63, 3.8) is 0 Å². The fraction of sp³-hybridized carbons (Fsp3) is 0.818. The molecule has 0 saturated heterocycles. The van der Waals surface area contributed by atoms with Gasteiger partial charge in [0.25, 0.3) is 0 Å². The molecule has 15 heavy (non-hydrogen) atoms. The van der Waals surface area contributed by atoms with Crippen LogP contribution in [0.15, 0.2) is 12.3 Å². The van der Waals surface area contributed by atoms with E-state index in [1.54, 1.807) is 0 Å². The van der Waals surface area contributed by atoms with E-state index in [4.69, 9.17) is 10.2 Å². The summed E-state index contributed by atoms with van der Waals surface area (Å²) in [5.41, 5.74) is 0. The maximum absolute atomic E-state index is 8.77. The lowest BCUT2D eigenvalue weighted by Gasteiger charge is -2.17. The minimum absolute atomic E-state index is 0.115. The summed E-state index contributed by atoms with van der Waals surface area (Å²) >= 11 is 0. The van der Waals surface area contributed by atoms with E-state index in [0.29, 0.717) is 19.0 Å². The Morgan fingerprint density at radius 2 is 1.80 bits per heavy atom. The predicted molar refractivity (Wildman–Crippen MR) is 62.6 cm³/mol. The Bertz CT molecular complexity index is 155. The summed E-state index contributed by atoms with van der Waals surface area (Å²) in [6.45, 7) is 7.53. The molecule has 0 aromatic heterocycles. The molecule has 0 rings (SSSR count). The number of aliphatic hydroxyl groups is 2. The molecular formula is C11H24N2O2. The Hall–Kier alpha value is -0.580. The van der Waals surface area contributed by atoms with Crippen molar-refractivity contribution in [1.82, 2.24) is 10.2 Å². The zero-order valence-corrected chi connectivity index (χ0v) is 9.82. The van der Waals surface area contributed by atoms with Gasteiger partial charge in [0.05, 0.1) is 13.2 Å². The van der Waals surface area contributed by atoms with Gasteiger partial charge in [-0.25, -0.2) is 0 Å². The first-order chi connectivity index (χ1) is 7.20. The zero-order chi connectivity index (χ0) is 11.5. The third-order valence-electron chi connectivity index (χ3n) is 1.91. The molecular weight excluding hydrogens is 192 g/mol. The average molecular weight is 216 g/mol. The van der Waals surface area contributed by atoms with Crippen LogP contribution in [-0.4, -0.2) is 54.5 Å². The van der Waals surface area contributed by atoms with Gasteiger partial charge < -0.3 is 20.4 Å². The Balaban J connectivity index is 3.59. The molecule has 0 radical (unpaired) electrons. The highest BCUT2D eigenvalue weighted by Crippen LogP contribution is 1.89. The summed E-state index contributed by atoms with van der Waals surface area (Å²) in [4.78, 5) is 1.90. The summed E-state index contributed by atoms with van der Waals surface area (Å²) in [6, 6.07) is 0. The molecule has 0 saturated carbocycles. The van der Waals surface area contributed by atoms with Crippen molar-refractivity contribution in [2.45, 2.75) is 13.8 Å². The number of nitrogens with one attached hydrogen (secondary N) is 1. The van der Waals surface area contributed by atoms with Crippen LogP contribution in [0.1, 0.15) is 13.8 Å². The normalized spacial score (nSPS) is 11.5. The standard InChI is InChI=1S/C11H24N2O2/c1-11(2)10-12-4-3-5-13(6-8-14)7-9-15/h3,5,11-12,14-15H,4,6-10H2,1-2H3. The lowest BCUT2D eigenvalue weighted by Crippen LogP contribution is -2.25. The van der Waals surface area contributed by atoms with Gasteiger partial charge in [-0.1, -0.05) is 19.9 Å². The van der Waals surface area contributed by atoms with Crippen LogP contribution >= 0.6 is 0 Å². The highest BCUT2D eigenvalue weighted by atomic mass is 16.3. The SMILES string of the molecule is CC(C)CNCC=CN(CCO)CCO. The second-order valence-corrected chi connectivity index (χ2v) is 3.92. The van der Waals surface area contributed by atoms with Crippen LogP contribution in [0, 0.1) is 5.92 Å².